The first-order valence-electron chi connectivity index (χ1n) is 5.94. The van der Waals surface area contributed by atoms with Crippen molar-refractivity contribution in [1.29, 1.82) is 0 Å². The van der Waals surface area contributed by atoms with Crippen LogP contribution in [0, 0.1) is 0 Å². The third kappa shape index (κ3) is 4.22. The Kier molecular flexibility index (Phi) is 5.79. The lowest BCUT2D eigenvalue weighted by Crippen LogP contribution is -2.35. The molecule has 0 bridgehead atoms. The number of benzene rings is 1. The number of esters is 1. The fourth-order valence-electron chi connectivity index (χ4n) is 1.53. The van der Waals surface area contributed by atoms with Crippen LogP contribution in [0.5, 0.6) is 0 Å². The molecule has 3 N–H and O–H groups in total. The van der Waals surface area contributed by atoms with E-state index in [4.69, 9.17) is 17.3 Å². The lowest BCUT2D eigenvalue weighted by molar-refractivity contribution is -0.117. The van der Waals surface area contributed by atoms with Crippen LogP contribution in [0.15, 0.2) is 18.2 Å². The van der Waals surface area contributed by atoms with Gasteiger partial charge in [0.1, 0.15) is 0 Å². The van der Waals surface area contributed by atoms with Crippen LogP contribution in [0.3, 0.4) is 0 Å². The number of nitrogens with one attached hydrogen (secondary N) is 1. The molecule has 0 heterocycles. The highest BCUT2D eigenvalue weighted by molar-refractivity contribution is 6.33. The van der Waals surface area contributed by atoms with Crippen molar-refractivity contribution in [3.8, 4) is 0 Å². The summed E-state index contributed by atoms with van der Waals surface area (Å²) in [4.78, 5) is 23.2. The Labute approximate surface area is 117 Å². The summed E-state index contributed by atoms with van der Waals surface area (Å²) in [6.45, 7) is 1.94. The van der Waals surface area contributed by atoms with Crippen LogP contribution in [0.25, 0.3) is 0 Å². The quantitative estimate of drug-likeness (QED) is 0.812. The van der Waals surface area contributed by atoms with Gasteiger partial charge in [-0.25, -0.2) is 4.79 Å². The highest BCUT2D eigenvalue weighted by Gasteiger charge is 2.15. The second-order valence-electron chi connectivity index (χ2n) is 4.07. The SMILES string of the molecule is CCC[C@@H](N)C(=O)Nc1cc(C(=O)OC)ccc1Cl. The summed E-state index contributed by atoms with van der Waals surface area (Å²) in [6, 6.07) is 3.91. The van der Waals surface area contributed by atoms with Crippen LogP contribution in [0.4, 0.5) is 5.69 Å². The number of hydrogen-bond acceptors (Lipinski definition) is 4. The molecule has 5 nitrogen and oxygen atoms in total. The number of rotatable bonds is 5. The molecular formula is C13H17ClN2O3. The maximum Gasteiger partial charge on any atom is 0.337 e. The molecule has 0 saturated heterocycles. The Hall–Kier alpha value is -1.59. The largest absolute Gasteiger partial charge is 0.465 e. The van der Waals surface area contributed by atoms with Crippen molar-refractivity contribution in [3.63, 3.8) is 0 Å². The van der Waals surface area contributed by atoms with Crippen LogP contribution < -0.4 is 11.1 Å². The van der Waals surface area contributed by atoms with Gasteiger partial charge in [0.05, 0.1) is 29.4 Å². The van der Waals surface area contributed by atoms with E-state index >= 15 is 0 Å². The Morgan fingerprint density at radius 2 is 2.16 bits per heavy atom. The summed E-state index contributed by atoms with van der Waals surface area (Å²) in [5, 5.41) is 2.95. The minimum absolute atomic E-state index is 0.311. The van der Waals surface area contributed by atoms with E-state index in [1.807, 2.05) is 6.92 Å². The lowest BCUT2D eigenvalue weighted by Gasteiger charge is -2.13. The van der Waals surface area contributed by atoms with Crippen molar-refractivity contribution >= 4 is 29.2 Å². The summed E-state index contributed by atoms with van der Waals surface area (Å²) in [5.41, 5.74) is 6.36. The molecule has 0 unspecified atom stereocenters. The Bertz CT molecular complexity index is 477. The molecule has 0 saturated carbocycles. The number of ether oxygens (including phenoxy) is 1. The second kappa shape index (κ2) is 7.11. The van der Waals surface area contributed by atoms with Gasteiger partial charge in [-0.1, -0.05) is 24.9 Å². The van der Waals surface area contributed by atoms with Gasteiger partial charge < -0.3 is 15.8 Å². The van der Waals surface area contributed by atoms with E-state index in [0.29, 0.717) is 22.7 Å². The molecule has 0 aliphatic carbocycles. The first-order valence-corrected chi connectivity index (χ1v) is 6.31. The standard InChI is InChI=1S/C13H17ClN2O3/c1-3-4-10(15)12(17)16-11-7-8(13(18)19-2)5-6-9(11)14/h5-7,10H,3-4,15H2,1-2H3,(H,16,17)/t10-/m1/s1. The zero-order chi connectivity index (χ0) is 14.4. The summed E-state index contributed by atoms with van der Waals surface area (Å²) < 4.78 is 4.60. The average Bonchev–Trinajstić information content (AvgIpc) is 2.40. The molecule has 0 spiro atoms. The predicted molar refractivity (Wildman–Crippen MR) is 74.3 cm³/mol. The first-order chi connectivity index (χ1) is 8.99. The second-order valence-corrected chi connectivity index (χ2v) is 4.48. The lowest BCUT2D eigenvalue weighted by atomic mass is 10.1. The molecule has 19 heavy (non-hydrogen) atoms. The zero-order valence-electron chi connectivity index (χ0n) is 10.9. The fraction of sp³-hybridized carbons (Fsp3) is 0.385. The van der Waals surface area contributed by atoms with Crippen LogP contribution >= 0.6 is 11.6 Å². The average molecular weight is 285 g/mol. The highest BCUT2D eigenvalue weighted by atomic mass is 35.5. The molecule has 1 rings (SSSR count). The third-order valence-electron chi connectivity index (χ3n) is 2.58. The molecule has 0 radical (unpaired) electrons. The van der Waals surface area contributed by atoms with E-state index in [9.17, 15) is 9.59 Å². The van der Waals surface area contributed by atoms with Gasteiger partial charge in [0.2, 0.25) is 5.91 Å². The third-order valence-corrected chi connectivity index (χ3v) is 2.91. The maximum atomic E-state index is 11.8. The number of carbonyl (C=O) groups is 2. The van der Waals surface area contributed by atoms with Gasteiger partial charge in [-0.2, -0.15) is 0 Å². The Morgan fingerprint density at radius 1 is 1.47 bits per heavy atom. The van der Waals surface area contributed by atoms with Crippen molar-refractivity contribution in [1.82, 2.24) is 0 Å². The smallest absolute Gasteiger partial charge is 0.337 e. The molecule has 1 aromatic rings. The molecule has 6 heteroatoms. The fourth-order valence-corrected chi connectivity index (χ4v) is 1.70. The van der Waals surface area contributed by atoms with Crippen LogP contribution in [0.2, 0.25) is 5.02 Å². The van der Waals surface area contributed by atoms with Gasteiger partial charge in [-0.15, -0.1) is 0 Å². The predicted octanol–water partition coefficient (Wildman–Crippen LogP) is 2.19. The number of carbonyl (C=O) groups excluding carboxylic acids is 2. The van der Waals surface area contributed by atoms with Crippen LogP contribution in [0.1, 0.15) is 30.1 Å². The molecular weight excluding hydrogens is 268 g/mol. The monoisotopic (exact) mass is 284 g/mol. The van der Waals surface area contributed by atoms with Gasteiger partial charge >= 0.3 is 5.97 Å². The number of methoxy groups -OCH3 is 1. The van der Waals surface area contributed by atoms with E-state index in [1.54, 1.807) is 0 Å². The first kappa shape index (κ1) is 15.5. The molecule has 104 valence electrons. The van der Waals surface area contributed by atoms with Crippen LogP contribution in [-0.2, 0) is 9.53 Å². The van der Waals surface area contributed by atoms with Gasteiger partial charge in [0, 0.05) is 0 Å². The van der Waals surface area contributed by atoms with Crippen molar-refractivity contribution in [3.05, 3.63) is 28.8 Å². The van der Waals surface area contributed by atoms with Gasteiger partial charge in [0.15, 0.2) is 0 Å². The van der Waals surface area contributed by atoms with Gasteiger partial charge in [-0.3, -0.25) is 4.79 Å². The van der Waals surface area contributed by atoms with Gasteiger partial charge in [0.25, 0.3) is 0 Å². The Balaban J connectivity index is 2.88. The van der Waals surface area contributed by atoms with Gasteiger partial charge in [-0.05, 0) is 24.6 Å². The molecule has 0 aliphatic heterocycles. The number of amides is 1. The minimum Gasteiger partial charge on any atom is -0.465 e. The normalized spacial score (nSPS) is 11.8. The molecule has 0 aliphatic rings. The number of halogens is 1. The molecule has 1 amide bonds. The summed E-state index contributed by atoms with van der Waals surface area (Å²) in [7, 11) is 1.28. The van der Waals surface area contributed by atoms with Crippen molar-refractivity contribution in [2.75, 3.05) is 12.4 Å². The zero-order valence-corrected chi connectivity index (χ0v) is 11.7. The summed E-state index contributed by atoms with van der Waals surface area (Å²) >= 11 is 5.96. The van der Waals surface area contributed by atoms with Crippen LogP contribution in [-0.4, -0.2) is 25.0 Å². The molecule has 1 aromatic carbocycles. The van der Waals surface area contributed by atoms with E-state index in [1.165, 1.54) is 25.3 Å². The van der Waals surface area contributed by atoms with E-state index in [-0.39, 0.29) is 5.91 Å². The van der Waals surface area contributed by atoms with Crippen molar-refractivity contribution < 1.29 is 14.3 Å². The highest BCUT2D eigenvalue weighted by Crippen LogP contribution is 2.23. The van der Waals surface area contributed by atoms with E-state index in [2.05, 4.69) is 10.1 Å². The number of anilines is 1. The van der Waals surface area contributed by atoms with E-state index < -0.39 is 12.0 Å². The summed E-state index contributed by atoms with van der Waals surface area (Å²) in [5.74, 6) is -0.823. The maximum absolute atomic E-state index is 11.8. The molecule has 1 atom stereocenters. The number of hydrogen-bond donors (Lipinski definition) is 2. The molecule has 0 aromatic heterocycles. The summed E-state index contributed by atoms with van der Waals surface area (Å²) in [6.07, 6.45) is 1.39. The minimum atomic E-state index is -0.595. The molecule has 0 fully saturated rings. The van der Waals surface area contributed by atoms with Crippen molar-refractivity contribution in [2.24, 2.45) is 5.73 Å². The topological polar surface area (TPSA) is 81.4 Å². The van der Waals surface area contributed by atoms with E-state index in [0.717, 1.165) is 6.42 Å². The Morgan fingerprint density at radius 3 is 2.74 bits per heavy atom. The van der Waals surface area contributed by atoms with Crippen molar-refractivity contribution in [2.45, 2.75) is 25.8 Å². The number of nitrogens with two attached hydrogens (primary N) is 1.